The molecule has 1 aromatic heterocycles. The third-order valence-electron chi connectivity index (χ3n) is 4.54. The van der Waals surface area contributed by atoms with Crippen molar-refractivity contribution in [3.63, 3.8) is 0 Å². The quantitative estimate of drug-likeness (QED) is 0.664. The van der Waals surface area contributed by atoms with Gasteiger partial charge in [0.25, 0.3) is 0 Å². The van der Waals surface area contributed by atoms with Crippen LogP contribution in [0.1, 0.15) is 22.8 Å². The zero-order valence-electron chi connectivity index (χ0n) is 16.6. The minimum Gasteiger partial charge on any atom is -0.496 e. The zero-order valence-corrected chi connectivity index (χ0v) is 17.5. The van der Waals surface area contributed by atoms with E-state index in [2.05, 4.69) is 15.2 Å². The maximum absolute atomic E-state index is 12.2. The number of methoxy groups -OCH3 is 1. The predicted molar refractivity (Wildman–Crippen MR) is 115 cm³/mol. The SMILES string of the molecule is COc1ccc(C(C)=O)cc1CSCC(=O)Nc1ccc(N2CCOCC2)nc1. The Kier molecular flexibility index (Phi) is 7.48. The summed E-state index contributed by atoms with van der Waals surface area (Å²) in [5, 5.41) is 2.87. The highest BCUT2D eigenvalue weighted by molar-refractivity contribution is 7.99. The van der Waals surface area contributed by atoms with Crippen LogP contribution in [0.4, 0.5) is 11.5 Å². The third kappa shape index (κ3) is 5.95. The van der Waals surface area contributed by atoms with Gasteiger partial charge in [-0.25, -0.2) is 4.98 Å². The number of carbonyl (C=O) groups is 2. The lowest BCUT2D eigenvalue weighted by molar-refractivity contribution is -0.113. The van der Waals surface area contributed by atoms with E-state index in [0.29, 0.717) is 41.7 Å². The highest BCUT2D eigenvalue weighted by Gasteiger charge is 2.13. The van der Waals surface area contributed by atoms with E-state index < -0.39 is 0 Å². The van der Waals surface area contributed by atoms with Crippen LogP contribution in [0.3, 0.4) is 0 Å². The number of ether oxygens (including phenoxy) is 2. The van der Waals surface area contributed by atoms with Crippen molar-refractivity contribution in [2.75, 3.05) is 49.4 Å². The van der Waals surface area contributed by atoms with Crippen molar-refractivity contribution in [1.29, 1.82) is 0 Å². The molecule has 0 bridgehead atoms. The molecule has 0 spiro atoms. The second kappa shape index (κ2) is 10.3. The molecule has 1 aliphatic rings. The summed E-state index contributed by atoms with van der Waals surface area (Å²) < 4.78 is 10.7. The fraction of sp³-hybridized carbons (Fsp3) is 0.381. The number of morpholine rings is 1. The van der Waals surface area contributed by atoms with Gasteiger partial charge in [-0.3, -0.25) is 9.59 Å². The number of nitrogens with zero attached hydrogens (tertiary/aromatic N) is 2. The lowest BCUT2D eigenvalue weighted by Crippen LogP contribution is -2.36. The van der Waals surface area contributed by atoms with Gasteiger partial charge in [-0.1, -0.05) is 0 Å². The first kappa shape index (κ1) is 21.1. The Hall–Kier alpha value is -2.58. The number of amides is 1. The molecule has 1 aromatic carbocycles. The van der Waals surface area contributed by atoms with Crippen LogP contribution in [0.15, 0.2) is 36.5 Å². The lowest BCUT2D eigenvalue weighted by atomic mass is 10.1. The molecular weight excluding hydrogens is 390 g/mol. The minimum absolute atomic E-state index is 0.00433. The van der Waals surface area contributed by atoms with Gasteiger partial charge < -0.3 is 19.7 Å². The summed E-state index contributed by atoms with van der Waals surface area (Å²) in [6.45, 7) is 4.59. The third-order valence-corrected chi connectivity index (χ3v) is 5.53. The number of benzene rings is 1. The van der Waals surface area contributed by atoms with Gasteiger partial charge in [0.2, 0.25) is 5.91 Å². The largest absolute Gasteiger partial charge is 0.496 e. The van der Waals surface area contributed by atoms with Gasteiger partial charge in [0, 0.05) is 30.0 Å². The van der Waals surface area contributed by atoms with Crippen LogP contribution in [0.2, 0.25) is 0 Å². The molecule has 7 nitrogen and oxygen atoms in total. The van der Waals surface area contributed by atoms with E-state index in [4.69, 9.17) is 9.47 Å². The van der Waals surface area contributed by atoms with Crippen LogP contribution >= 0.6 is 11.8 Å². The molecule has 0 unspecified atom stereocenters. The van der Waals surface area contributed by atoms with Gasteiger partial charge in [0.1, 0.15) is 11.6 Å². The number of thioether (sulfide) groups is 1. The molecule has 2 aromatic rings. The van der Waals surface area contributed by atoms with E-state index in [1.54, 1.807) is 25.4 Å². The molecule has 2 heterocycles. The molecule has 1 amide bonds. The average molecular weight is 416 g/mol. The Morgan fingerprint density at radius 1 is 1.24 bits per heavy atom. The summed E-state index contributed by atoms with van der Waals surface area (Å²) >= 11 is 1.46. The van der Waals surface area contributed by atoms with E-state index in [0.717, 1.165) is 24.5 Å². The number of hydrogen-bond acceptors (Lipinski definition) is 7. The number of anilines is 2. The molecule has 1 aliphatic heterocycles. The van der Waals surface area contributed by atoms with Crippen LogP contribution in [0.5, 0.6) is 5.75 Å². The molecule has 8 heteroatoms. The summed E-state index contributed by atoms with van der Waals surface area (Å²) in [4.78, 5) is 30.4. The minimum atomic E-state index is -0.0994. The van der Waals surface area contributed by atoms with Gasteiger partial charge in [-0.05, 0) is 37.3 Å². The average Bonchev–Trinajstić information content (AvgIpc) is 2.74. The monoisotopic (exact) mass is 415 g/mol. The lowest BCUT2D eigenvalue weighted by Gasteiger charge is -2.27. The fourth-order valence-corrected chi connectivity index (χ4v) is 3.81. The van der Waals surface area contributed by atoms with Gasteiger partial charge in [-0.2, -0.15) is 0 Å². The summed E-state index contributed by atoms with van der Waals surface area (Å²) in [7, 11) is 1.59. The molecule has 0 aliphatic carbocycles. The number of nitrogens with one attached hydrogen (secondary N) is 1. The number of hydrogen-bond donors (Lipinski definition) is 1. The summed E-state index contributed by atoms with van der Waals surface area (Å²) in [6, 6.07) is 9.12. The Bertz CT molecular complexity index is 852. The Morgan fingerprint density at radius 2 is 2.03 bits per heavy atom. The van der Waals surface area contributed by atoms with Crippen LogP contribution in [0.25, 0.3) is 0 Å². The number of aromatic nitrogens is 1. The van der Waals surface area contributed by atoms with Gasteiger partial charge in [0.15, 0.2) is 5.78 Å². The van der Waals surface area contributed by atoms with Crippen LogP contribution in [-0.4, -0.2) is 55.8 Å². The van der Waals surface area contributed by atoms with Gasteiger partial charge in [0.05, 0.1) is 38.0 Å². The molecule has 0 atom stereocenters. The Balaban J connectivity index is 1.50. The maximum Gasteiger partial charge on any atom is 0.234 e. The molecule has 3 rings (SSSR count). The summed E-state index contributed by atoms with van der Waals surface area (Å²) in [5.74, 6) is 2.37. The maximum atomic E-state index is 12.2. The molecule has 1 N–H and O–H groups in total. The number of rotatable bonds is 8. The first-order chi connectivity index (χ1) is 14.1. The van der Waals surface area contributed by atoms with Crippen molar-refractivity contribution >= 4 is 35.0 Å². The van der Waals surface area contributed by atoms with Crippen LogP contribution in [0, 0.1) is 0 Å². The van der Waals surface area contributed by atoms with Gasteiger partial charge in [-0.15, -0.1) is 11.8 Å². The topological polar surface area (TPSA) is 80.8 Å². The van der Waals surface area contributed by atoms with E-state index in [-0.39, 0.29) is 11.7 Å². The fourth-order valence-electron chi connectivity index (χ4n) is 3.00. The first-order valence-corrected chi connectivity index (χ1v) is 10.6. The van der Waals surface area contributed by atoms with Crippen LogP contribution in [-0.2, 0) is 15.3 Å². The molecule has 1 saturated heterocycles. The zero-order chi connectivity index (χ0) is 20.6. The van der Waals surface area contributed by atoms with E-state index in [9.17, 15) is 9.59 Å². The van der Waals surface area contributed by atoms with Crippen molar-refractivity contribution in [2.24, 2.45) is 0 Å². The van der Waals surface area contributed by atoms with E-state index >= 15 is 0 Å². The van der Waals surface area contributed by atoms with Crippen LogP contribution < -0.4 is 15.0 Å². The highest BCUT2D eigenvalue weighted by Crippen LogP contribution is 2.25. The van der Waals surface area contributed by atoms with Crippen molar-refractivity contribution in [2.45, 2.75) is 12.7 Å². The standard InChI is InChI=1S/C21H25N3O4S/c1-15(25)16-3-5-19(27-2)17(11-16)13-29-14-21(26)23-18-4-6-20(22-12-18)24-7-9-28-10-8-24/h3-6,11-12H,7-10,13-14H2,1-2H3,(H,23,26). The summed E-state index contributed by atoms with van der Waals surface area (Å²) in [6.07, 6.45) is 1.67. The number of ketones is 1. The molecule has 0 saturated carbocycles. The second-order valence-corrected chi connectivity index (χ2v) is 7.61. The molecule has 154 valence electrons. The Labute approximate surface area is 174 Å². The van der Waals surface area contributed by atoms with Crippen molar-refractivity contribution in [3.8, 4) is 5.75 Å². The molecular formula is C21H25N3O4S. The summed E-state index contributed by atoms with van der Waals surface area (Å²) in [5.41, 5.74) is 2.20. The second-order valence-electron chi connectivity index (χ2n) is 6.63. The Morgan fingerprint density at radius 3 is 2.69 bits per heavy atom. The predicted octanol–water partition coefficient (Wildman–Crippen LogP) is 3.00. The van der Waals surface area contributed by atoms with E-state index in [1.165, 1.54) is 18.7 Å². The molecule has 0 radical (unpaired) electrons. The highest BCUT2D eigenvalue weighted by atomic mass is 32.2. The number of pyridine rings is 1. The molecule has 29 heavy (non-hydrogen) atoms. The number of Topliss-reactive ketones (excluding diaryl/α,β-unsaturated/α-hetero) is 1. The number of carbonyl (C=O) groups excluding carboxylic acids is 2. The smallest absolute Gasteiger partial charge is 0.234 e. The normalized spacial score (nSPS) is 13.8. The van der Waals surface area contributed by atoms with E-state index in [1.807, 2.05) is 18.2 Å². The van der Waals surface area contributed by atoms with Crippen molar-refractivity contribution in [1.82, 2.24) is 4.98 Å². The van der Waals surface area contributed by atoms with Crippen molar-refractivity contribution < 1.29 is 19.1 Å². The van der Waals surface area contributed by atoms with Crippen molar-refractivity contribution in [3.05, 3.63) is 47.7 Å². The first-order valence-electron chi connectivity index (χ1n) is 9.41. The molecule has 1 fully saturated rings. The van der Waals surface area contributed by atoms with Gasteiger partial charge >= 0.3 is 0 Å².